The summed E-state index contributed by atoms with van der Waals surface area (Å²) in [6.45, 7) is 8.31. The van der Waals surface area contributed by atoms with E-state index < -0.39 is 0 Å². The van der Waals surface area contributed by atoms with E-state index in [4.69, 9.17) is 14.2 Å². The maximum Gasteiger partial charge on any atom is 0.258 e. The number of amides is 1. The van der Waals surface area contributed by atoms with Crippen molar-refractivity contribution in [2.45, 2.75) is 45.1 Å². The Bertz CT molecular complexity index is 610. The molecular weight excluding hydrogens is 332 g/mol. The molecule has 1 fully saturated rings. The zero-order valence-corrected chi connectivity index (χ0v) is 15.9. The van der Waals surface area contributed by atoms with Crippen LogP contribution in [-0.2, 0) is 4.79 Å². The van der Waals surface area contributed by atoms with Crippen LogP contribution in [-0.4, -0.2) is 55.8 Å². The van der Waals surface area contributed by atoms with Crippen molar-refractivity contribution >= 4 is 5.91 Å². The van der Waals surface area contributed by atoms with Crippen LogP contribution in [0.5, 0.6) is 17.2 Å². The molecular formula is C20H30N2O4. The molecule has 6 heteroatoms. The van der Waals surface area contributed by atoms with Crippen LogP contribution in [0.25, 0.3) is 0 Å². The monoisotopic (exact) mass is 362 g/mol. The normalized spacial score (nSPS) is 18.1. The molecule has 0 radical (unpaired) electrons. The zero-order valence-electron chi connectivity index (χ0n) is 15.9. The van der Waals surface area contributed by atoms with Gasteiger partial charge >= 0.3 is 0 Å². The zero-order chi connectivity index (χ0) is 18.4. The quantitative estimate of drug-likeness (QED) is 0.843. The maximum atomic E-state index is 12.3. The van der Waals surface area contributed by atoms with Gasteiger partial charge in [-0.3, -0.25) is 4.79 Å². The molecule has 1 amide bonds. The van der Waals surface area contributed by atoms with Crippen LogP contribution >= 0.6 is 0 Å². The molecule has 1 aromatic rings. The highest BCUT2D eigenvalue weighted by Crippen LogP contribution is 2.33. The molecule has 0 bridgehead atoms. The molecule has 0 aliphatic carbocycles. The van der Waals surface area contributed by atoms with E-state index in [2.05, 4.69) is 24.1 Å². The summed E-state index contributed by atoms with van der Waals surface area (Å²) in [6.07, 6.45) is 5.12. The van der Waals surface area contributed by atoms with Gasteiger partial charge < -0.3 is 24.4 Å². The molecule has 6 nitrogen and oxygen atoms in total. The van der Waals surface area contributed by atoms with Crippen LogP contribution in [0.1, 0.15) is 39.5 Å². The summed E-state index contributed by atoms with van der Waals surface area (Å²) in [7, 11) is 0. The van der Waals surface area contributed by atoms with Gasteiger partial charge in [-0.05, 0) is 51.9 Å². The minimum atomic E-state index is -0.280. The van der Waals surface area contributed by atoms with Crippen molar-refractivity contribution in [2.75, 3.05) is 39.5 Å². The van der Waals surface area contributed by atoms with Gasteiger partial charge in [0.15, 0.2) is 18.1 Å². The average molecular weight is 362 g/mol. The van der Waals surface area contributed by atoms with Crippen LogP contribution < -0.4 is 19.5 Å². The number of nitrogens with zero attached hydrogens (tertiary/aromatic N) is 1. The molecule has 1 aromatic carbocycles. The number of hydrogen-bond acceptors (Lipinski definition) is 5. The molecule has 144 valence electrons. The van der Waals surface area contributed by atoms with Gasteiger partial charge in [-0.15, -0.1) is 0 Å². The molecule has 0 spiro atoms. The highest BCUT2D eigenvalue weighted by molar-refractivity contribution is 5.78. The molecule has 2 aliphatic heterocycles. The summed E-state index contributed by atoms with van der Waals surface area (Å²) in [5.41, 5.74) is -0.280. The Morgan fingerprint density at radius 3 is 2.54 bits per heavy atom. The maximum absolute atomic E-state index is 12.3. The first kappa shape index (κ1) is 18.8. The number of ether oxygens (including phenoxy) is 3. The van der Waals surface area contributed by atoms with Crippen molar-refractivity contribution in [2.24, 2.45) is 0 Å². The van der Waals surface area contributed by atoms with Crippen molar-refractivity contribution < 1.29 is 19.0 Å². The molecule has 26 heavy (non-hydrogen) atoms. The Morgan fingerprint density at radius 1 is 1.12 bits per heavy atom. The van der Waals surface area contributed by atoms with E-state index in [1.807, 2.05) is 6.07 Å². The van der Waals surface area contributed by atoms with Crippen LogP contribution in [0.3, 0.4) is 0 Å². The van der Waals surface area contributed by atoms with E-state index in [1.54, 1.807) is 12.1 Å². The van der Waals surface area contributed by atoms with Crippen molar-refractivity contribution in [1.82, 2.24) is 10.2 Å². The van der Waals surface area contributed by atoms with E-state index in [9.17, 15) is 4.79 Å². The number of rotatable bonds is 6. The second kappa shape index (κ2) is 8.62. The van der Waals surface area contributed by atoms with Crippen LogP contribution in [0, 0.1) is 0 Å². The first-order chi connectivity index (χ1) is 12.5. The second-order valence-electron chi connectivity index (χ2n) is 7.72. The first-order valence-corrected chi connectivity index (χ1v) is 9.58. The third kappa shape index (κ3) is 5.53. The van der Waals surface area contributed by atoms with E-state index in [0.29, 0.717) is 30.5 Å². The van der Waals surface area contributed by atoms with E-state index in [1.165, 1.54) is 25.7 Å². The average Bonchev–Trinajstić information content (AvgIpc) is 2.87. The van der Waals surface area contributed by atoms with Crippen LogP contribution in [0.15, 0.2) is 18.2 Å². The fraction of sp³-hybridized carbons (Fsp3) is 0.650. The first-order valence-electron chi connectivity index (χ1n) is 9.58. The van der Waals surface area contributed by atoms with Crippen LogP contribution in [0.2, 0.25) is 0 Å². The number of carbonyl (C=O) groups excluding carboxylic acids is 1. The number of hydrogen-bond donors (Lipinski definition) is 1. The summed E-state index contributed by atoms with van der Waals surface area (Å²) >= 11 is 0. The number of nitrogens with one attached hydrogen (secondary N) is 1. The fourth-order valence-corrected chi connectivity index (χ4v) is 3.57. The van der Waals surface area contributed by atoms with Gasteiger partial charge in [0.2, 0.25) is 0 Å². The van der Waals surface area contributed by atoms with Gasteiger partial charge in [0.25, 0.3) is 5.91 Å². The highest BCUT2D eigenvalue weighted by Gasteiger charge is 2.24. The van der Waals surface area contributed by atoms with Crippen molar-refractivity contribution in [3.63, 3.8) is 0 Å². The van der Waals surface area contributed by atoms with E-state index in [0.717, 1.165) is 19.6 Å². The summed E-state index contributed by atoms with van der Waals surface area (Å²) in [5, 5.41) is 3.10. The fourth-order valence-electron chi connectivity index (χ4n) is 3.57. The smallest absolute Gasteiger partial charge is 0.258 e. The lowest BCUT2D eigenvalue weighted by molar-refractivity contribution is -0.124. The van der Waals surface area contributed by atoms with Gasteiger partial charge in [0.05, 0.1) is 0 Å². The summed E-state index contributed by atoms with van der Waals surface area (Å²) in [5.74, 6) is 1.87. The molecule has 0 atom stereocenters. The third-order valence-electron chi connectivity index (χ3n) is 4.68. The Labute approximate surface area is 155 Å². The Balaban J connectivity index is 1.46. The molecule has 1 saturated heterocycles. The van der Waals surface area contributed by atoms with Gasteiger partial charge in [-0.1, -0.05) is 12.8 Å². The number of likely N-dealkylation sites (tertiary alicyclic amines) is 1. The number of carbonyl (C=O) groups is 1. The molecule has 0 unspecified atom stereocenters. The predicted molar refractivity (Wildman–Crippen MR) is 100 cm³/mol. The summed E-state index contributed by atoms with van der Waals surface area (Å²) < 4.78 is 16.7. The summed E-state index contributed by atoms with van der Waals surface area (Å²) in [4.78, 5) is 14.8. The lowest BCUT2D eigenvalue weighted by Gasteiger charge is -2.33. The van der Waals surface area contributed by atoms with Crippen molar-refractivity contribution in [3.05, 3.63) is 18.2 Å². The van der Waals surface area contributed by atoms with Gasteiger partial charge in [0.1, 0.15) is 19.0 Å². The van der Waals surface area contributed by atoms with Crippen molar-refractivity contribution in [1.29, 1.82) is 0 Å². The van der Waals surface area contributed by atoms with Gasteiger partial charge in [-0.25, -0.2) is 0 Å². The molecule has 1 N–H and O–H groups in total. The largest absolute Gasteiger partial charge is 0.486 e. The summed E-state index contributed by atoms with van der Waals surface area (Å²) in [6, 6.07) is 5.37. The topological polar surface area (TPSA) is 60.0 Å². The SMILES string of the molecule is CC(C)(CN1CCCCCC1)NC(=O)COc1ccc2c(c1)OCCO2. The standard InChI is InChI=1S/C20H30N2O4/c1-20(2,15-22-9-5-3-4-6-10-22)21-19(23)14-26-16-7-8-17-18(13-16)25-12-11-24-17/h7-8,13H,3-6,9-12,14-15H2,1-2H3,(H,21,23). The molecule has 2 heterocycles. The molecule has 3 rings (SSSR count). The second-order valence-corrected chi connectivity index (χ2v) is 7.72. The molecule has 0 aromatic heterocycles. The predicted octanol–water partition coefficient (Wildman–Crippen LogP) is 2.61. The highest BCUT2D eigenvalue weighted by atomic mass is 16.6. The molecule has 0 saturated carbocycles. The lowest BCUT2D eigenvalue weighted by Crippen LogP contribution is -2.52. The number of fused-ring (bicyclic) bond motifs is 1. The van der Waals surface area contributed by atoms with E-state index in [-0.39, 0.29) is 18.1 Å². The van der Waals surface area contributed by atoms with Crippen molar-refractivity contribution in [3.8, 4) is 17.2 Å². The minimum absolute atomic E-state index is 0.0108. The third-order valence-corrected chi connectivity index (χ3v) is 4.68. The van der Waals surface area contributed by atoms with Gasteiger partial charge in [0, 0.05) is 18.2 Å². The Kier molecular flexibility index (Phi) is 6.25. The van der Waals surface area contributed by atoms with E-state index >= 15 is 0 Å². The number of benzene rings is 1. The Hall–Kier alpha value is -1.95. The van der Waals surface area contributed by atoms with Crippen LogP contribution in [0.4, 0.5) is 0 Å². The minimum Gasteiger partial charge on any atom is -0.486 e. The van der Waals surface area contributed by atoms with Gasteiger partial charge in [-0.2, -0.15) is 0 Å². The Morgan fingerprint density at radius 2 is 1.81 bits per heavy atom. The molecule has 2 aliphatic rings. The lowest BCUT2D eigenvalue weighted by atomic mass is 10.0.